The number of carbonyl (C=O) groups excluding carboxylic acids is 1. The second-order valence-corrected chi connectivity index (χ2v) is 9.69. The third-order valence-electron chi connectivity index (χ3n) is 4.94. The Morgan fingerprint density at radius 1 is 1.00 bits per heavy atom. The molecular formula is C24H23N3O4S. The Morgan fingerprint density at radius 3 is 2.50 bits per heavy atom. The van der Waals surface area contributed by atoms with Crippen molar-refractivity contribution in [2.75, 3.05) is 14.1 Å². The van der Waals surface area contributed by atoms with Crippen molar-refractivity contribution in [1.29, 1.82) is 0 Å². The van der Waals surface area contributed by atoms with Crippen LogP contribution < -0.4 is 5.32 Å². The van der Waals surface area contributed by atoms with E-state index in [1.807, 2.05) is 25.1 Å². The lowest BCUT2D eigenvalue weighted by atomic mass is 10.2. The Labute approximate surface area is 186 Å². The van der Waals surface area contributed by atoms with Gasteiger partial charge in [0.2, 0.25) is 9.84 Å². The molecule has 1 amide bonds. The van der Waals surface area contributed by atoms with Crippen LogP contribution in [0.15, 0.2) is 87.3 Å². The molecule has 4 rings (SSSR count). The maximum Gasteiger partial charge on any atom is 0.287 e. The molecule has 0 radical (unpaired) electrons. The molecule has 4 aromatic rings. The average molecular weight is 450 g/mol. The van der Waals surface area contributed by atoms with Crippen LogP contribution in [0.25, 0.3) is 11.0 Å². The molecule has 0 fully saturated rings. The molecule has 0 saturated heterocycles. The fourth-order valence-corrected chi connectivity index (χ4v) is 4.70. The first-order valence-corrected chi connectivity index (χ1v) is 11.5. The summed E-state index contributed by atoms with van der Waals surface area (Å²) < 4.78 is 31.5. The number of rotatable bonds is 7. The Balaban J connectivity index is 1.45. The molecule has 32 heavy (non-hydrogen) atoms. The van der Waals surface area contributed by atoms with Crippen LogP contribution in [-0.2, 0) is 22.9 Å². The molecule has 0 aliphatic rings. The molecule has 0 saturated carbocycles. The number of nitrogens with one attached hydrogen (secondary N) is 1. The number of carbonyl (C=O) groups is 1. The second-order valence-electron chi connectivity index (χ2n) is 7.74. The van der Waals surface area contributed by atoms with Gasteiger partial charge in [-0.1, -0.05) is 24.3 Å². The van der Waals surface area contributed by atoms with Crippen molar-refractivity contribution in [2.45, 2.75) is 22.9 Å². The molecule has 2 aromatic carbocycles. The summed E-state index contributed by atoms with van der Waals surface area (Å²) in [6.07, 6.45) is 3.19. The third-order valence-corrected chi connectivity index (χ3v) is 6.71. The predicted octanol–water partition coefficient (Wildman–Crippen LogP) is 3.65. The Hall–Kier alpha value is -3.49. The largest absolute Gasteiger partial charge is 0.449 e. The molecule has 0 aliphatic carbocycles. The van der Waals surface area contributed by atoms with Crippen LogP contribution in [-0.4, -0.2) is 38.3 Å². The van der Waals surface area contributed by atoms with Crippen molar-refractivity contribution in [2.24, 2.45) is 0 Å². The third kappa shape index (κ3) is 4.71. The van der Waals surface area contributed by atoms with Gasteiger partial charge in [0.15, 0.2) is 11.3 Å². The maximum atomic E-state index is 13.0. The van der Waals surface area contributed by atoms with Crippen LogP contribution in [0, 0.1) is 0 Å². The summed E-state index contributed by atoms with van der Waals surface area (Å²) in [4.78, 5) is 18.8. The Morgan fingerprint density at radius 2 is 1.78 bits per heavy atom. The zero-order valence-corrected chi connectivity index (χ0v) is 18.6. The first kappa shape index (κ1) is 21.7. The summed E-state index contributed by atoms with van der Waals surface area (Å²) in [5.74, 6) is -0.152. The Bertz CT molecular complexity index is 1330. The Kier molecular flexibility index (Phi) is 6.07. The number of sulfone groups is 1. The first-order valence-electron chi connectivity index (χ1n) is 10.0. The normalized spacial score (nSPS) is 11.7. The molecule has 0 spiro atoms. The van der Waals surface area contributed by atoms with E-state index in [2.05, 4.69) is 10.3 Å². The summed E-state index contributed by atoms with van der Waals surface area (Å²) in [6, 6.07) is 16.9. The lowest BCUT2D eigenvalue weighted by molar-refractivity contribution is 0.0925. The number of pyridine rings is 1. The van der Waals surface area contributed by atoms with E-state index >= 15 is 0 Å². The van der Waals surface area contributed by atoms with E-state index in [4.69, 9.17) is 4.42 Å². The number of nitrogens with zero attached hydrogens (tertiary/aromatic N) is 2. The van der Waals surface area contributed by atoms with Gasteiger partial charge in [-0.15, -0.1) is 0 Å². The van der Waals surface area contributed by atoms with Gasteiger partial charge in [-0.3, -0.25) is 9.78 Å². The summed E-state index contributed by atoms with van der Waals surface area (Å²) >= 11 is 0. The van der Waals surface area contributed by atoms with Crippen molar-refractivity contribution in [1.82, 2.24) is 15.2 Å². The highest BCUT2D eigenvalue weighted by molar-refractivity contribution is 7.91. The highest BCUT2D eigenvalue weighted by Crippen LogP contribution is 2.23. The van der Waals surface area contributed by atoms with E-state index in [9.17, 15) is 13.2 Å². The summed E-state index contributed by atoms with van der Waals surface area (Å²) in [5, 5.41) is 3.58. The minimum atomic E-state index is -3.63. The lowest BCUT2D eigenvalue weighted by Crippen LogP contribution is -2.22. The molecule has 8 heteroatoms. The minimum absolute atomic E-state index is 0.199. The monoisotopic (exact) mass is 449 g/mol. The van der Waals surface area contributed by atoms with Gasteiger partial charge in [-0.25, -0.2) is 8.42 Å². The van der Waals surface area contributed by atoms with Gasteiger partial charge in [-0.2, -0.15) is 0 Å². The van der Waals surface area contributed by atoms with E-state index in [-0.39, 0.29) is 28.0 Å². The quantitative estimate of drug-likeness (QED) is 0.463. The maximum absolute atomic E-state index is 13.0. The highest BCUT2D eigenvalue weighted by Gasteiger charge is 2.18. The SMILES string of the molecule is CN(C)Cc1cccc(S(=O)(=O)c2ccc(CNC(=O)c3cc4ccncc4o3)cc2)c1. The van der Waals surface area contributed by atoms with Crippen molar-refractivity contribution in [3.8, 4) is 0 Å². The van der Waals surface area contributed by atoms with E-state index in [0.717, 1.165) is 16.5 Å². The predicted molar refractivity (Wildman–Crippen MR) is 121 cm³/mol. The number of amides is 1. The first-order chi connectivity index (χ1) is 15.3. The molecule has 0 atom stereocenters. The number of benzene rings is 2. The number of furan rings is 1. The highest BCUT2D eigenvalue weighted by atomic mass is 32.2. The average Bonchev–Trinajstić information content (AvgIpc) is 3.22. The minimum Gasteiger partial charge on any atom is -0.449 e. The molecule has 0 unspecified atom stereocenters. The smallest absolute Gasteiger partial charge is 0.287 e. The van der Waals surface area contributed by atoms with Crippen LogP contribution in [0.5, 0.6) is 0 Å². The van der Waals surface area contributed by atoms with E-state index in [1.165, 1.54) is 0 Å². The van der Waals surface area contributed by atoms with E-state index in [0.29, 0.717) is 12.1 Å². The van der Waals surface area contributed by atoms with Crippen LogP contribution in [0.1, 0.15) is 21.7 Å². The van der Waals surface area contributed by atoms with Gasteiger partial charge in [0.05, 0.1) is 16.0 Å². The molecule has 7 nitrogen and oxygen atoms in total. The van der Waals surface area contributed by atoms with Crippen molar-refractivity contribution in [3.63, 3.8) is 0 Å². The number of hydrogen-bond acceptors (Lipinski definition) is 6. The van der Waals surface area contributed by atoms with E-state index in [1.54, 1.807) is 67.0 Å². The molecule has 2 heterocycles. The second kappa shape index (κ2) is 8.94. The molecule has 0 aliphatic heterocycles. The van der Waals surface area contributed by atoms with Gasteiger partial charge >= 0.3 is 0 Å². The molecule has 164 valence electrons. The standard InChI is InChI=1S/C24H23N3O4S/c1-27(2)16-18-4-3-5-21(12-18)32(29,30)20-8-6-17(7-9-20)14-26-24(28)22-13-19-10-11-25-15-23(19)31-22/h3-13,15H,14,16H2,1-2H3,(H,26,28). The zero-order valence-electron chi connectivity index (χ0n) is 17.8. The van der Waals surface area contributed by atoms with Crippen LogP contribution >= 0.6 is 0 Å². The van der Waals surface area contributed by atoms with E-state index < -0.39 is 9.84 Å². The molecule has 2 aromatic heterocycles. The van der Waals surface area contributed by atoms with Crippen LogP contribution in [0.2, 0.25) is 0 Å². The fraction of sp³-hybridized carbons (Fsp3) is 0.167. The van der Waals surface area contributed by atoms with Crippen molar-refractivity contribution < 1.29 is 17.6 Å². The topological polar surface area (TPSA) is 92.5 Å². The molecule has 1 N–H and O–H groups in total. The molecule has 0 bridgehead atoms. The summed E-state index contributed by atoms with van der Waals surface area (Å²) in [7, 11) is 0.239. The number of hydrogen-bond donors (Lipinski definition) is 1. The van der Waals surface area contributed by atoms with Crippen molar-refractivity contribution >= 4 is 26.7 Å². The molecular weight excluding hydrogens is 426 g/mol. The van der Waals surface area contributed by atoms with Gasteiger partial charge in [0.25, 0.3) is 5.91 Å². The van der Waals surface area contributed by atoms with Gasteiger partial charge in [-0.05, 0) is 61.6 Å². The van der Waals surface area contributed by atoms with Crippen LogP contribution in [0.4, 0.5) is 0 Å². The summed E-state index contributed by atoms with van der Waals surface area (Å²) in [5.41, 5.74) is 2.25. The zero-order chi connectivity index (χ0) is 22.7. The van der Waals surface area contributed by atoms with Gasteiger partial charge < -0.3 is 14.6 Å². The fourth-order valence-electron chi connectivity index (χ4n) is 3.36. The van der Waals surface area contributed by atoms with Crippen molar-refractivity contribution in [3.05, 3.63) is 89.9 Å². The number of aromatic nitrogens is 1. The lowest BCUT2D eigenvalue weighted by Gasteiger charge is -2.11. The van der Waals surface area contributed by atoms with Gasteiger partial charge in [0, 0.05) is 24.7 Å². The van der Waals surface area contributed by atoms with Gasteiger partial charge in [0.1, 0.15) is 0 Å². The number of fused-ring (bicyclic) bond motifs is 1. The summed E-state index contributed by atoms with van der Waals surface area (Å²) in [6.45, 7) is 0.899. The van der Waals surface area contributed by atoms with Crippen LogP contribution in [0.3, 0.4) is 0 Å².